The third-order valence-electron chi connectivity index (χ3n) is 3.40. The molecular weight excluding hydrogens is 268 g/mol. The maximum Gasteiger partial charge on any atom is 0.239 e. The Morgan fingerprint density at radius 3 is 3.05 bits per heavy atom. The average molecular weight is 288 g/mol. The number of rotatable bonds is 8. The highest BCUT2D eigenvalue weighted by molar-refractivity contribution is 5.53. The Balaban J connectivity index is 1.46. The monoisotopic (exact) mass is 288 g/mol. The van der Waals surface area contributed by atoms with E-state index in [4.69, 9.17) is 10.5 Å². The molecule has 1 aliphatic carbocycles. The number of aromatic nitrogens is 4. The summed E-state index contributed by atoms with van der Waals surface area (Å²) in [6, 6.07) is 3.70. The predicted molar refractivity (Wildman–Crippen MR) is 80.1 cm³/mol. The van der Waals surface area contributed by atoms with Gasteiger partial charge in [0.2, 0.25) is 5.88 Å². The quantitative estimate of drug-likeness (QED) is 0.638. The molecule has 0 amide bonds. The molecule has 0 aliphatic heterocycles. The number of nitrogens with two attached hydrogens (primary N) is 1. The van der Waals surface area contributed by atoms with Crippen molar-refractivity contribution in [1.82, 2.24) is 20.2 Å². The lowest BCUT2D eigenvalue weighted by Gasteiger charge is -2.10. The Hall–Kier alpha value is -2.31. The lowest BCUT2D eigenvalue weighted by Crippen LogP contribution is -2.08. The smallest absolute Gasteiger partial charge is 0.239 e. The van der Waals surface area contributed by atoms with E-state index in [0.29, 0.717) is 24.1 Å². The third kappa shape index (κ3) is 4.08. The summed E-state index contributed by atoms with van der Waals surface area (Å²) in [6.07, 6.45) is 5.82. The summed E-state index contributed by atoms with van der Waals surface area (Å²) >= 11 is 0. The lowest BCUT2D eigenvalue weighted by molar-refractivity contribution is 0.290. The first-order valence-corrected chi connectivity index (χ1v) is 7.28. The van der Waals surface area contributed by atoms with Crippen LogP contribution in [0.15, 0.2) is 18.5 Å². The van der Waals surface area contributed by atoms with Crippen LogP contribution in [0.2, 0.25) is 0 Å². The molecule has 7 nitrogen and oxygen atoms in total. The molecule has 1 aliphatic rings. The van der Waals surface area contributed by atoms with Gasteiger partial charge in [0.15, 0.2) is 0 Å². The zero-order chi connectivity index (χ0) is 14.5. The number of H-pyrrole nitrogens is 1. The fraction of sp³-hybridized carbons (Fsp3) is 0.500. The number of nitrogens with zero attached hydrogens (tertiary/aromatic N) is 3. The highest BCUT2D eigenvalue weighted by Crippen LogP contribution is 2.30. The molecule has 2 heterocycles. The van der Waals surface area contributed by atoms with E-state index in [1.54, 1.807) is 0 Å². The predicted octanol–water partition coefficient (Wildman–Crippen LogP) is 1.62. The van der Waals surface area contributed by atoms with Gasteiger partial charge in [-0.15, -0.1) is 0 Å². The average Bonchev–Trinajstić information content (AvgIpc) is 3.18. The van der Waals surface area contributed by atoms with Crippen LogP contribution in [0, 0.1) is 5.92 Å². The molecular formula is C14H20N6O. The molecule has 0 spiro atoms. The Morgan fingerprint density at radius 1 is 1.38 bits per heavy atom. The summed E-state index contributed by atoms with van der Waals surface area (Å²) in [7, 11) is 0. The van der Waals surface area contributed by atoms with Crippen LogP contribution in [0.1, 0.15) is 25.1 Å². The van der Waals surface area contributed by atoms with Gasteiger partial charge in [0.25, 0.3) is 0 Å². The van der Waals surface area contributed by atoms with Crippen molar-refractivity contribution in [3.8, 4) is 5.88 Å². The Morgan fingerprint density at radius 2 is 2.29 bits per heavy atom. The summed E-state index contributed by atoms with van der Waals surface area (Å²) in [5.74, 6) is 2.90. The molecule has 0 saturated heterocycles. The number of aromatic amines is 1. The molecule has 7 heteroatoms. The van der Waals surface area contributed by atoms with Gasteiger partial charge in [-0.05, 0) is 37.3 Å². The van der Waals surface area contributed by atoms with Crippen LogP contribution in [-0.4, -0.2) is 33.3 Å². The van der Waals surface area contributed by atoms with E-state index in [0.717, 1.165) is 31.0 Å². The molecule has 2 aromatic heterocycles. The van der Waals surface area contributed by atoms with Gasteiger partial charge in [-0.25, -0.2) is 4.98 Å². The van der Waals surface area contributed by atoms with Crippen LogP contribution in [0.5, 0.6) is 5.88 Å². The number of anilines is 2. The van der Waals surface area contributed by atoms with Crippen LogP contribution in [0.4, 0.5) is 11.5 Å². The molecule has 0 aromatic carbocycles. The minimum Gasteiger partial charge on any atom is -0.476 e. The van der Waals surface area contributed by atoms with E-state index < -0.39 is 0 Å². The van der Waals surface area contributed by atoms with Gasteiger partial charge in [0.05, 0.1) is 12.3 Å². The van der Waals surface area contributed by atoms with Gasteiger partial charge < -0.3 is 15.8 Å². The van der Waals surface area contributed by atoms with E-state index in [2.05, 4.69) is 25.5 Å². The molecule has 112 valence electrons. The van der Waals surface area contributed by atoms with Crippen LogP contribution in [0.3, 0.4) is 0 Å². The first-order valence-electron chi connectivity index (χ1n) is 7.28. The van der Waals surface area contributed by atoms with Gasteiger partial charge in [-0.2, -0.15) is 10.1 Å². The maximum absolute atomic E-state index is 5.88. The second kappa shape index (κ2) is 6.43. The second-order valence-corrected chi connectivity index (χ2v) is 5.31. The fourth-order valence-corrected chi connectivity index (χ4v) is 1.97. The first-order chi connectivity index (χ1) is 10.3. The zero-order valence-electron chi connectivity index (χ0n) is 11.9. The van der Waals surface area contributed by atoms with Crippen LogP contribution < -0.4 is 15.8 Å². The van der Waals surface area contributed by atoms with E-state index in [1.165, 1.54) is 19.2 Å². The number of pyridine rings is 1. The number of nitrogens with one attached hydrogen (secondary N) is 2. The standard InChI is InChI=1S/C14H20N6O/c15-11-5-6-12(19-14(11)21-8-10-3-4-10)16-7-1-2-13-17-9-18-20-13/h5-6,9-10H,1-4,7-8,15H2,(H,16,19)(H,17,18,20). The molecule has 1 saturated carbocycles. The van der Waals surface area contributed by atoms with E-state index in [9.17, 15) is 0 Å². The molecule has 0 atom stereocenters. The van der Waals surface area contributed by atoms with Crippen molar-refractivity contribution in [2.24, 2.45) is 5.92 Å². The largest absolute Gasteiger partial charge is 0.476 e. The zero-order valence-corrected chi connectivity index (χ0v) is 11.9. The summed E-state index contributed by atoms with van der Waals surface area (Å²) in [4.78, 5) is 8.50. The number of ether oxygens (including phenoxy) is 1. The van der Waals surface area contributed by atoms with Crippen molar-refractivity contribution in [3.63, 3.8) is 0 Å². The Labute approximate surface area is 123 Å². The van der Waals surface area contributed by atoms with Crippen molar-refractivity contribution in [2.45, 2.75) is 25.7 Å². The highest BCUT2D eigenvalue weighted by Gasteiger charge is 2.22. The lowest BCUT2D eigenvalue weighted by atomic mass is 10.3. The van der Waals surface area contributed by atoms with E-state index >= 15 is 0 Å². The first kappa shape index (κ1) is 13.7. The maximum atomic E-state index is 5.88. The van der Waals surface area contributed by atoms with Crippen molar-refractivity contribution in [3.05, 3.63) is 24.3 Å². The van der Waals surface area contributed by atoms with Crippen molar-refractivity contribution >= 4 is 11.5 Å². The van der Waals surface area contributed by atoms with Gasteiger partial charge in [0, 0.05) is 13.0 Å². The van der Waals surface area contributed by atoms with Gasteiger partial charge in [0.1, 0.15) is 18.0 Å². The minimum absolute atomic E-state index is 0.530. The molecule has 4 N–H and O–H groups in total. The van der Waals surface area contributed by atoms with Crippen LogP contribution >= 0.6 is 0 Å². The summed E-state index contributed by atoms with van der Waals surface area (Å²) in [5.41, 5.74) is 6.47. The van der Waals surface area contributed by atoms with E-state index in [1.807, 2.05) is 12.1 Å². The number of hydrogen-bond acceptors (Lipinski definition) is 6. The molecule has 1 fully saturated rings. The number of aryl methyl sites for hydroxylation is 1. The third-order valence-corrected chi connectivity index (χ3v) is 3.40. The molecule has 21 heavy (non-hydrogen) atoms. The van der Waals surface area contributed by atoms with Gasteiger partial charge in [-0.1, -0.05) is 0 Å². The molecule has 0 unspecified atom stereocenters. The topological polar surface area (TPSA) is 102 Å². The second-order valence-electron chi connectivity index (χ2n) is 5.31. The minimum atomic E-state index is 0.530. The number of nitrogen functional groups attached to an aromatic ring is 1. The summed E-state index contributed by atoms with van der Waals surface area (Å²) < 4.78 is 5.67. The van der Waals surface area contributed by atoms with Crippen LogP contribution in [0.25, 0.3) is 0 Å². The number of hydrogen-bond donors (Lipinski definition) is 3. The van der Waals surface area contributed by atoms with Crippen molar-refractivity contribution in [2.75, 3.05) is 24.2 Å². The Kier molecular flexibility index (Phi) is 4.18. The van der Waals surface area contributed by atoms with E-state index in [-0.39, 0.29) is 0 Å². The highest BCUT2D eigenvalue weighted by atomic mass is 16.5. The summed E-state index contributed by atoms with van der Waals surface area (Å²) in [5, 5.41) is 9.93. The molecule has 2 aromatic rings. The van der Waals surface area contributed by atoms with Gasteiger partial charge >= 0.3 is 0 Å². The van der Waals surface area contributed by atoms with Crippen molar-refractivity contribution in [1.29, 1.82) is 0 Å². The van der Waals surface area contributed by atoms with Crippen LogP contribution in [-0.2, 0) is 6.42 Å². The Bertz CT molecular complexity index is 567. The van der Waals surface area contributed by atoms with Gasteiger partial charge in [-0.3, -0.25) is 5.10 Å². The normalized spacial score (nSPS) is 14.1. The molecule has 0 bridgehead atoms. The van der Waals surface area contributed by atoms with Crippen molar-refractivity contribution < 1.29 is 4.74 Å². The molecule has 0 radical (unpaired) electrons. The fourth-order valence-electron chi connectivity index (χ4n) is 1.97. The SMILES string of the molecule is Nc1ccc(NCCCc2ncn[nH]2)nc1OCC1CC1. The summed E-state index contributed by atoms with van der Waals surface area (Å²) in [6.45, 7) is 1.52. The molecule has 3 rings (SSSR count).